The van der Waals surface area contributed by atoms with Crippen LogP contribution in [-0.2, 0) is 26.2 Å². The minimum Gasteiger partial charge on any atom is -0.504 e. The van der Waals surface area contributed by atoms with Crippen molar-refractivity contribution in [3.8, 4) is 22.1 Å². The summed E-state index contributed by atoms with van der Waals surface area (Å²) in [7, 11) is 3.16. The fraction of sp³-hybridized carbons (Fsp3) is 0.279. The van der Waals surface area contributed by atoms with Gasteiger partial charge in [-0.3, -0.25) is 28.8 Å². The van der Waals surface area contributed by atoms with Crippen LogP contribution >= 0.6 is 22.9 Å². The highest BCUT2D eigenvalue weighted by atomic mass is 35.5. The molecule has 0 radical (unpaired) electrons. The number of allylic oxidation sites excluding steroid dienone is 2. The Hall–Kier alpha value is -5.52. The molecule has 12 heteroatoms. The number of aromatic hydroxyl groups is 1. The first-order valence-electron chi connectivity index (χ1n) is 18.2. The van der Waals surface area contributed by atoms with E-state index in [1.807, 2.05) is 31.2 Å². The number of phenolic OH excluding ortho intramolecular Hbond substituents is 1. The third-order valence-corrected chi connectivity index (χ3v) is 14.0. The van der Waals surface area contributed by atoms with E-state index in [9.17, 15) is 19.5 Å². The number of aryl methyl sites for hydroxylation is 2. The van der Waals surface area contributed by atoms with Crippen molar-refractivity contribution in [2.75, 3.05) is 16.9 Å². The van der Waals surface area contributed by atoms with E-state index in [2.05, 4.69) is 6.58 Å². The summed E-state index contributed by atoms with van der Waals surface area (Å²) in [5.41, 5.74) is 2.76. The number of phenols is 1. The highest BCUT2D eigenvalue weighted by Gasteiger charge is 2.68. The number of hydrogen-bond acceptors (Lipinski definition) is 8. The molecule has 2 aromatic heterocycles. The second-order valence-corrected chi connectivity index (χ2v) is 16.6. The van der Waals surface area contributed by atoms with Crippen molar-refractivity contribution in [3.63, 3.8) is 0 Å². The molecule has 4 aliphatic rings. The van der Waals surface area contributed by atoms with E-state index >= 15 is 4.79 Å². The molecule has 2 saturated heterocycles. The molecule has 2 aliphatic carbocycles. The molecule has 4 amide bonds. The predicted molar refractivity (Wildman–Crippen MR) is 212 cm³/mol. The quantitative estimate of drug-likeness (QED) is 0.137. The Morgan fingerprint density at radius 3 is 2.49 bits per heavy atom. The molecule has 55 heavy (non-hydrogen) atoms. The van der Waals surface area contributed by atoms with Crippen molar-refractivity contribution >= 4 is 74.2 Å². The predicted octanol–water partition coefficient (Wildman–Crippen LogP) is 8.06. The summed E-state index contributed by atoms with van der Waals surface area (Å²) < 4.78 is 8.11. The number of ether oxygens (including phenoxy) is 1. The van der Waals surface area contributed by atoms with Crippen molar-refractivity contribution in [2.24, 2.45) is 36.1 Å². The van der Waals surface area contributed by atoms with Crippen LogP contribution in [0.1, 0.15) is 42.4 Å². The maximum Gasteiger partial charge on any atom is 0.242 e. The van der Waals surface area contributed by atoms with Crippen LogP contribution in [0.3, 0.4) is 0 Å². The van der Waals surface area contributed by atoms with Gasteiger partial charge in [0.1, 0.15) is 11.5 Å². The maximum atomic E-state index is 15.1. The third kappa shape index (κ3) is 4.88. The zero-order chi connectivity index (χ0) is 38.7. The van der Waals surface area contributed by atoms with E-state index in [0.717, 1.165) is 31.7 Å². The standard InChI is InChI=1S/C43H37ClN4O6S/c1-6-22-10-13-24(14-11-22)47-39(50)26-16-15-25-29(35(26)41(47)52)19-30-40(51)48(42(53)43(30,3)36(25)27-8-7-9-32(54-5)37(27)49)34-20-31(45-46(34)4)38-21(2)28-18-23(44)12-17-33(28)55-38/h6-15,17-18,20,26,29-30,35-36,49H,1,16,19H2,2-5H3. The lowest BCUT2D eigenvalue weighted by Crippen LogP contribution is -2.49. The van der Waals surface area contributed by atoms with Crippen LogP contribution in [0.2, 0.25) is 5.02 Å². The SMILES string of the molecule is C=Cc1ccc(N2C(=O)C3CC=C4C(CC5C(=O)N(c6cc(-c7sc8ccc(Cl)cc8c7C)nn6C)C(=O)C5(C)C4c4cccc(OC)c4O)C3C2=O)cc1. The van der Waals surface area contributed by atoms with E-state index in [1.54, 1.807) is 84.6 Å². The molecule has 3 aromatic carbocycles. The minimum atomic E-state index is -1.36. The molecular formula is C43H37ClN4O6S. The van der Waals surface area contributed by atoms with Gasteiger partial charge in [0.2, 0.25) is 23.6 Å². The molecule has 0 spiro atoms. The monoisotopic (exact) mass is 772 g/mol. The number of carbonyl (C=O) groups is 4. The van der Waals surface area contributed by atoms with E-state index in [4.69, 9.17) is 21.4 Å². The Balaban J connectivity index is 1.16. The average molecular weight is 773 g/mol. The summed E-state index contributed by atoms with van der Waals surface area (Å²) in [6.45, 7) is 7.59. The maximum absolute atomic E-state index is 15.1. The lowest BCUT2D eigenvalue weighted by molar-refractivity contribution is -0.131. The normalized spacial score (nSPS) is 26.0. The lowest BCUT2D eigenvalue weighted by atomic mass is 9.51. The fourth-order valence-corrected chi connectivity index (χ4v) is 11.1. The second kappa shape index (κ2) is 12.5. The van der Waals surface area contributed by atoms with E-state index in [0.29, 0.717) is 27.8 Å². The Bertz CT molecular complexity index is 2550. The number of nitrogens with zero attached hydrogens (tertiary/aromatic N) is 4. The average Bonchev–Trinajstić information content (AvgIpc) is 3.85. The number of methoxy groups -OCH3 is 1. The van der Waals surface area contributed by atoms with Gasteiger partial charge in [-0.25, -0.2) is 4.90 Å². The third-order valence-electron chi connectivity index (χ3n) is 12.4. The zero-order valence-electron chi connectivity index (χ0n) is 30.6. The van der Waals surface area contributed by atoms with Crippen LogP contribution in [0.25, 0.3) is 26.7 Å². The van der Waals surface area contributed by atoms with Crippen LogP contribution in [0.4, 0.5) is 11.5 Å². The molecule has 1 N–H and O–H groups in total. The van der Waals surface area contributed by atoms with Gasteiger partial charge >= 0.3 is 0 Å². The number of aromatic nitrogens is 2. The Kier molecular flexibility index (Phi) is 8.00. The number of thiophene rings is 1. The van der Waals surface area contributed by atoms with Gasteiger partial charge < -0.3 is 9.84 Å². The topological polar surface area (TPSA) is 122 Å². The molecule has 278 valence electrons. The van der Waals surface area contributed by atoms with Crippen LogP contribution in [0, 0.1) is 36.0 Å². The largest absolute Gasteiger partial charge is 0.504 e. The molecule has 6 unspecified atom stereocenters. The first-order valence-corrected chi connectivity index (χ1v) is 19.4. The van der Waals surface area contributed by atoms with Gasteiger partial charge in [-0.15, -0.1) is 11.3 Å². The number of carbonyl (C=O) groups excluding carboxylic acids is 4. The molecule has 6 atom stereocenters. The summed E-state index contributed by atoms with van der Waals surface area (Å²) in [5.74, 6) is -4.68. The molecule has 5 aromatic rings. The van der Waals surface area contributed by atoms with Crippen molar-refractivity contribution in [1.82, 2.24) is 9.78 Å². The lowest BCUT2D eigenvalue weighted by Gasteiger charge is -2.49. The molecule has 0 bridgehead atoms. The Labute approximate surface area is 326 Å². The van der Waals surface area contributed by atoms with Gasteiger partial charge in [-0.2, -0.15) is 5.10 Å². The van der Waals surface area contributed by atoms with Gasteiger partial charge in [0.25, 0.3) is 0 Å². The Morgan fingerprint density at radius 2 is 1.76 bits per heavy atom. The second-order valence-electron chi connectivity index (χ2n) is 15.1. The number of rotatable bonds is 6. The summed E-state index contributed by atoms with van der Waals surface area (Å²) in [4.78, 5) is 62.0. The highest BCUT2D eigenvalue weighted by Crippen LogP contribution is 2.65. The first-order chi connectivity index (χ1) is 26.4. The number of amides is 4. The number of hydrogen-bond donors (Lipinski definition) is 1. The highest BCUT2D eigenvalue weighted by molar-refractivity contribution is 7.22. The number of anilines is 2. The number of halogens is 1. The zero-order valence-corrected chi connectivity index (χ0v) is 32.1. The fourth-order valence-electron chi connectivity index (χ4n) is 9.74. The Morgan fingerprint density at radius 1 is 1.00 bits per heavy atom. The summed E-state index contributed by atoms with van der Waals surface area (Å²) in [6.07, 6.45) is 4.11. The van der Waals surface area contributed by atoms with Gasteiger partial charge in [-0.05, 0) is 85.5 Å². The van der Waals surface area contributed by atoms with Gasteiger partial charge in [0.15, 0.2) is 11.5 Å². The molecule has 10 nitrogen and oxygen atoms in total. The first kappa shape index (κ1) is 35.2. The van der Waals surface area contributed by atoms with Crippen LogP contribution < -0.4 is 14.5 Å². The smallest absolute Gasteiger partial charge is 0.242 e. The van der Waals surface area contributed by atoms with Crippen LogP contribution in [0.15, 0.2) is 85.0 Å². The molecule has 3 fully saturated rings. The minimum absolute atomic E-state index is 0.140. The van der Waals surface area contributed by atoms with Crippen molar-refractivity contribution in [1.29, 1.82) is 0 Å². The van der Waals surface area contributed by atoms with E-state index in [1.165, 1.54) is 16.9 Å². The molecule has 1 saturated carbocycles. The summed E-state index contributed by atoms with van der Waals surface area (Å²) >= 11 is 7.88. The summed E-state index contributed by atoms with van der Waals surface area (Å²) in [5, 5.41) is 18.1. The van der Waals surface area contributed by atoms with Crippen LogP contribution in [0.5, 0.6) is 11.5 Å². The van der Waals surface area contributed by atoms with Crippen molar-refractivity contribution in [2.45, 2.75) is 32.6 Å². The summed E-state index contributed by atoms with van der Waals surface area (Å²) in [6, 6.07) is 19.7. The van der Waals surface area contributed by atoms with Crippen LogP contribution in [-0.4, -0.2) is 45.6 Å². The number of benzene rings is 3. The van der Waals surface area contributed by atoms with Gasteiger partial charge in [0.05, 0.1) is 40.8 Å². The number of para-hydroxylation sites is 1. The van der Waals surface area contributed by atoms with E-state index < -0.39 is 46.8 Å². The number of fused-ring (bicyclic) bond motifs is 5. The van der Waals surface area contributed by atoms with Gasteiger partial charge in [0, 0.05) is 34.3 Å². The number of imide groups is 2. The molecular weight excluding hydrogens is 736 g/mol. The van der Waals surface area contributed by atoms with Gasteiger partial charge in [-0.1, -0.05) is 60.2 Å². The molecule has 2 aliphatic heterocycles. The molecule has 4 heterocycles. The molecule has 9 rings (SSSR count). The van der Waals surface area contributed by atoms with Crippen molar-refractivity contribution < 1.29 is 29.0 Å². The van der Waals surface area contributed by atoms with E-state index in [-0.39, 0.29) is 36.2 Å². The van der Waals surface area contributed by atoms with Crippen molar-refractivity contribution in [3.05, 3.63) is 107 Å².